The number of ether oxygens (including phenoxy) is 1. The number of carbonyl (C=O) groups is 2. The Morgan fingerprint density at radius 2 is 2.06 bits per heavy atom. The number of anilines is 1. The molecule has 0 saturated carbocycles. The predicted octanol–water partition coefficient (Wildman–Crippen LogP) is 4.97. The Labute approximate surface area is 201 Å². The van der Waals surface area contributed by atoms with Gasteiger partial charge in [0.25, 0.3) is 5.91 Å². The summed E-state index contributed by atoms with van der Waals surface area (Å²) < 4.78 is 10.7. The number of nitrogens with one attached hydrogen (secondary N) is 1. The first-order valence-electron chi connectivity index (χ1n) is 10.9. The zero-order valence-corrected chi connectivity index (χ0v) is 19.3. The molecule has 0 aliphatic carbocycles. The number of methoxy groups -OCH3 is 1. The van der Waals surface area contributed by atoms with E-state index in [0.29, 0.717) is 30.2 Å². The van der Waals surface area contributed by atoms with Gasteiger partial charge in [-0.05, 0) is 35.2 Å². The summed E-state index contributed by atoms with van der Waals surface area (Å²) in [5.74, 6) is -0.247. The second-order valence-electron chi connectivity index (χ2n) is 7.95. The third-order valence-electron chi connectivity index (χ3n) is 5.94. The number of fused-ring (bicyclic) bond motifs is 1. The Balaban J connectivity index is 1.54. The molecule has 2 atom stereocenters. The molecule has 0 spiro atoms. The van der Waals surface area contributed by atoms with Crippen molar-refractivity contribution in [2.45, 2.75) is 12.0 Å². The summed E-state index contributed by atoms with van der Waals surface area (Å²) in [6.45, 7) is 0.764. The fourth-order valence-corrected chi connectivity index (χ4v) is 5.29. The molecule has 3 heterocycles. The molecule has 7 nitrogen and oxygen atoms in total. The van der Waals surface area contributed by atoms with E-state index in [9.17, 15) is 9.59 Å². The van der Waals surface area contributed by atoms with E-state index >= 15 is 0 Å². The molecule has 0 bridgehead atoms. The number of hydrogen-bond acceptors (Lipinski definition) is 6. The minimum Gasteiger partial charge on any atom is -0.444 e. The summed E-state index contributed by atoms with van der Waals surface area (Å²) in [7, 11) is 1.61. The van der Waals surface area contributed by atoms with E-state index < -0.39 is 12.0 Å². The third kappa shape index (κ3) is 4.13. The highest BCUT2D eigenvalue weighted by molar-refractivity contribution is 7.10. The first-order valence-corrected chi connectivity index (χ1v) is 11.8. The van der Waals surface area contributed by atoms with E-state index in [-0.39, 0.29) is 11.8 Å². The van der Waals surface area contributed by atoms with Gasteiger partial charge in [0, 0.05) is 35.3 Å². The second-order valence-corrected chi connectivity index (χ2v) is 8.93. The van der Waals surface area contributed by atoms with Crippen LogP contribution in [0.25, 0.3) is 11.3 Å². The maximum atomic E-state index is 13.8. The average molecular weight is 474 g/mol. The number of rotatable bonds is 7. The molecule has 2 aromatic heterocycles. The zero-order valence-electron chi connectivity index (χ0n) is 18.5. The molecule has 5 rings (SSSR count). The van der Waals surface area contributed by atoms with Crippen LogP contribution in [-0.4, -0.2) is 42.0 Å². The average Bonchev–Trinajstić information content (AvgIpc) is 3.58. The molecule has 8 heteroatoms. The molecule has 0 radical (unpaired) electrons. The molecule has 2 amide bonds. The Morgan fingerprint density at radius 3 is 2.82 bits per heavy atom. The molecule has 0 saturated heterocycles. The van der Waals surface area contributed by atoms with Crippen LogP contribution in [0.4, 0.5) is 5.69 Å². The van der Waals surface area contributed by atoms with Gasteiger partial charge in [0.15, 0.2) is 12.2 Å². The van der Waals surface area contributed by atoms with Crippen LogP contribution in [0.15, 0.2) is 83.1 Å². The normalized spacial score (nSPS) is 17.4. The zero-order chi connectivity index (χ0) is 23.5. The van der Waals surface area contributed by atoms with Crippen LogP contribution < -0.4 is 5.32 Å². The molecule has 4 aromatic rings. The van der Waals surface area contributed by atoms with E-state index in [2.05, 4.69) is 10.3 Å². The van der Waals surface area contributed by atoms with E-state index in [1.54, 1.807) is 24.3 Å². The SMILES string of the molecule is COCCN1C(=O)c2ccccc2C(C(=O)Nc2cccc(-c3cnco3)c2)C1c1cccs1. The van der Waals surface area contributed by atoms with Crippen molar-refractivity contribution in [3.05, 3.63) is 94.6 Å². The van der Waals surface area contributed by atoms with E-state index in [4.69, 9.17) is 9.15 Å². The Kier molecular flexibility index (Phi) is 6.24. The lowest BCUT2D eigenvalue weighted by Crippen LogP contribution is -2.47. The van der Waals surface area contributed by atoms with E-state index in [1.807, 2.05) is 60.0 Å². The van der Waals surface area contributed by atoms with Gasteiger partial charge in [-0.15, -0.1) is 11.3 Å². The smallest absolute Gasteiger partial charge is 0.254 e. The van der Waals surface area contributed by atoms with Gasteiger partial charge in [0.1, 0.15) is 0 Å². The number of thiophene rings is 1. The van der Waals surface area contributed by atoms with Crippen molar-refractivity contribution in [2.24, 2.45) is 0 Å². The predicted molar refractivity (Wildman–Crippen MR) is 130 cm³/mol. The molecule has 1 N–H and O–H groups in total. The van der Waals surface area contributed by atoms with Crippen LogP contribution in [-0.2, 0) is 9.53 Å². The first-order chi connectivity index (χ1) is 16.7. The molecule has 1 aliphatic heterocycles. The minimum absolute atomic E-state index is 0.0950. The maximum absolute atomic E-state index is 13.8. The summed E-state index contributed by atoms with van der Waals surface area (Å²) in [5, 5.41) is 5.04. The Bertz CT molecular complexity index is 1290. The van der Waals surface area contributed by atoms with Gasteiger partial charge in [-0.3, -0.25) is 9.59 Å². The van der Waals surface area contributed by atoms with Crippen molar-refractivity contribution in [1.82, 2.24) is 9.88 Å². The lowest BCUT2D eigenvalue weighted by Gasteiger charge is -2.41. The fraction of sp³-hybridized carbons (Fsp3) is 0.192. The number of nitrogens with zero attached hydrogens (tertiary/aromatic N) is 2. The van der Waals surface area contributed by atoms with Gasteiger partial charge < -0.3 is 19.4 Å². The number of benzene rings is 2. The minimum atomic E-state index is -0.585. The van der Waals surface area contributed by atoms with E-state index in [1.165, 1.54) is 17.7 Å². The van der Waals surface area contributed by atoms with Gasteiger partial charge in [-0.25, -0.2) is 4.98 Å². The number of oxazole rings is 1. The lowest BCUT2D eigenvalue weighted by atomic mass is 9.81. The highest BCUT2D eigenvalue weighted by Gasteiger charge is 2.44. The molecule has 2 unspecified atom stereocenters. The first kappa shape index (κ1) is 22.1. The quantitative estimate of drug-likeness (QED) is 0.410. The second kappa shape index (κ2) is 9.62. The topological polar surface area (TPSA) is 84.7 Å². The van der Waals surface area contributed by atoms with Crippen molar-refractivity contribution in [3.8, 4) is 11.3 Å². The summed E-state index contributed by atoms with van der Waals surface area (Å²) in [4.78, 5) is 34.0. The number of hydrogen-bond donors (Lipinski definition) is 1. The van der Waals surface area contributed by atoms with Crippen LogP contribution in [0, 0.1) is 0 Å². The standard InChI is InChI=1S/C26H23N3O4S/c1-32-12-11-29-24(22-10-5-13-34-22)23(19-8-2-3-9-20(19)26(29)31)25(30)28-18-7-4-6-17(14-18)21-15-27-16-33-21/h2-10,13-16,23-24H,11-12H2,1H3,(H,28,30). The summed E-state index contributed by atoms with van der Waals surface area (Å²) >= 11 is 1.54. The highest BCUT2D eigenvalue weighted by Crippen LogP contribution is 2.44. The highest BCUT2D eigenvalue weighted by atomic mass is 32.1. The van der Waals surface area contributed by atoms with Crippen molar-refractivity contribution >= 4 is 28.8 Å². The molecule has 2 aromatic carbocycles. The summed E-state index contributed by atoms with van der Waals surface area (Å²) in [6, 6.07) is 18.3. The lowest BCUT2D eigenvalue weighted by molar-refractivity contribution is -0.119. The van der Waals surface area contributed by atoms with Crippen LogP contribution in [0.2, 0.25) is 0 Å². The van der Waals surface area contributed by atoms with Crippen molar-refractivity contribution in [1.29, 1.82) is 0 Å². The van der Waals surface area contributed by atoms with E-state index in [0.717, 1.165) is 16.0 Å². The number of aromatic nitrogens is 1. The summed E-state index contributed by atoms with van der Waals surface area (Å²) in [6.07, 6.45) is 3.00. The van der Waals surface area contributed by atoms with Crippen LogP contribution in [0.3, 0.4) is 0 Å². The van der Waals surface area contributed by atoms with Gasteiger partial charge in [-0.1, -0.05) is 36.4 Å². The largest absolute Gasteiger partial charge is 0.444 e. The number of carbonyl (C=O) groups excluding carboxylic acids is 2. The summed E-state index contributed by atoms with van der Waals surface area (Å²) in [5.41, 5.74) is 2.72. The fourth-order valence-electron chi connectivity index (χ4n) is 4.41. The molecular weight excluding hydrogens is 450 g/mol. The molecular formula is C26H23N3O4S. The van der Waals surface area contributed by atoms with Crippen molar-refractivity contribution in [2.75, 3.05) is 25.6 Å². The van der Waals surface area contributed by atoms with Crippen LogP contribution in [0.1, 0.15) is 32.8 Å². The molecule has 0 fully saturated rings. The molecule has 1 aliphatic rings. The molecule has 172 valence electrons. The van der Waals surface area contributed by atoms with Crippen molar-refractivity contribution < 1.29 is 18.7 Å². The van der Waals surface area contributed by atoms with Gasteiger partial charge in [0.2, 0.25) is 5.91 Å². The number of amides is 2. The van der Waals surface area contributed by atoms with Gasteiger partial charge in [0.05, 0.1) is 24.8 Å². The molecule has 34 heavy (non-hydrogen) atoms. The Hall–Kier alpha value is -3.75. The maximum Gasteiger partial charge on any atom is 0.254 e. The van der Waals surface area contributed by atoms with Crippen LogP contribution >= 0.6 is 11.3 Å². The van der Waals surface area contributed by atoms with Crippen molar-refractivity contribution in [3.63, 3.8) is 0 Å². The monoisotopic (exact) mass is 473 g/mol. The third-order valence-corrected chi connectivity index (χ3v) is 6.88. The van der Waals surface area contributed by atoms with Gasteiger partial charge in [-0.2, -0.15) is 0 Å². The van der Waals surface area contributed by atoms with Gasteiger partial charge >= 0.3 is 0 Å². The Morgan fingerprint density at radius 1 is 1.18 bits per heavy atom. The van der Waals surface area contributed by atoms with Crippen LogP contribution in [0.5, 0.6) is 0 Å².